The molecule has 0 spiro atoms. The van der Waals surface area contributed by atoms with Gasteiger partial charge in [0.25, 0.3) is 0 Å². The van der Waals surface area contributed by atoms with E-state index in [1.807, 2.05) is 30.3 Å². The van der Waals surface area contributed by atoms with Gasteiger partial charge < -0.3 is 0 Å². The number of hydrogen-bond acceptors (Lipinski definition) is 4. The zero-order valence-electron chi connectivity index (χ0n) is 12.4. The average Bonchev–Trinajstić information content (AvgIpc) is 2.70. The molecule has 3 rings (SSSR count). The van der Waals surface area contributed by atoms with E-state index >= 15 is 0 Å². The third kappa shape index (κ3) is 3.54. The van der Waals surface area contributed by atoms with Gasteiger partial charge >= 0.3 is 15.6 Å². The first-order chi connectivity index (χ1) is 10.8. The first-order valence-electron chi connectivity index (χ1n) is 7.52. The van der Waals surface area contributed by atoms with Crippen LogP contribution in [0.4, 0.5) is 13.2 Å². The zero-order chi connectivity index (χ0) is 16.7. The maximum absolute atomic E-state index is 12.5. The number of likely N-dealkylation sites (tertiary alicyclic amines) is 1. The van der Waals surface area contributed by atoms with Crippen molar-refractivity contribution >= 4 is 10.1 Å². The summed E-state index contributed by atoms with van der Waals surface area (Å²) in [6, 6.07) is 9.80. The third-order valence-electron chi connectivity index (χ3n) is 4.59. The number of fused-ring (bicyclic) bond motifs is 2. The van der Waals surface area contributed by atoms with E-state index in [2.05, 4.69) is 9.08 Å². The Hall–Kier alpha value is -1.12. The van der Waals surface area contributed by atoms with E-state index in [0.717, 1.165) is 5.56 Å². The summed E-state index contributed by atoms with van der Waals surface area (Å²) in [6.07, 6.45) is 0.552. The lowest BCUT2D eigenvalue weighted by Gasteiger charge is -2.37. The Morgan fingerprint density at radius 3 is 2.17 bits per heavy atom. The average molecular weight is 349 g/mol. The van der Waals surface area contributed by atoms with Gasteiger partial charge in [-0.1, -0.05) is 30.3 Å². The van der Waals surface area contributed by atoms with E-state index in [-0.39, 0.29) is 11.8 Å². The van der Waals surface area contributed by atoms with Crippen LogP contribution in [0.2, 0.25) is 0 Å². The van der Waals surface area contributed by atoms with Crippen molar-refractivity contribution < 1.29 is 25.8 Å². The highest BCUT2D eigenvalue weighted by molar-refractivity contribution is 7.87. The highest BCUT2D eigenvalue weighted by atomic mass is 32.2. The van der Waals surface area contributed by atoms with Gasteiger partial charge in [0.2, 0.25) is 0 Å². The molecular weight excluding hydrogens is 331 g/mol. The molecule has 1 saturated heterocycles. The maximum atomic E-state index is 12.5. The Morgan fingerprint density at radius 2 is 1.65 bits per heavy atom. The molecule has 0 unspecified atom stereocenters. The minimum Gasteiger partial charge on any atom is -0.298 e. The van der Waals surface area contributed by atoms with Crippen molar-refractivity contribution in [3.8, 4) is 0 Å². The van der Waals surface area contributed by atoms with Crippen LogP contribution in [-0.4, -0.2) is 38.0 Å². The molecule has 2 aliphatic rings. The largest absolute Gasteiger partial charge is 0.523 e. The molecule has 8 heteroatoms. The lowest BCUT2D eigenvalue weighted by Crippen LogP contribution is -2.47. The van der Waals surface area contributed by atoms with Crippen LogP contribution in [0.1, 0.15) is 18.4 Å². The van der Waals surface area contributed by atoms with Crippen molar-refractivity contribution in [3.05, 3.63) is 35.9 Å². The monoisotopic (exact) mass is 349 g/mol. The van der Waals surface area contributed by atoms with Crippen LogP contribution in [0.25, 0.3) is 0 Å². The molecule has 23 heavy (non-hydrogen) atoms. The molecule has 1 aromatic rings. The fourth-order valence-corrected chi connectivity index (χ4v) is 4.31. The number of hydrogen-bond donors (Lipinski definition) is 0. The highest BCUT2D eigenvalue weighted by Crippen LogP contribution is 2.41. The summed E-state index contributed by atoms with van der Waals surface area (Å²) in [5.41, 5.74) is -4.22. The molecule has 0 N–H and O–H groups in total. The molecule has 1 aliphatic carbocycles. The number of benzene rings is 1. The van der Waals surface area contributed by atoms with Gasteiger partial charge in [0.1, 0.15) is 0 Å². The second kappa shape index (κ2) is 6.07. The Bertz CT molecular complexity index is 634. The molecule has 1 aliphatic heterocycles. The first kappa shape index (κ1) is 16.7. The summed E-state index contributed by atoms with van der Waals surface area (Å²) >= 11 is 0. The molecule has 2 fully saturated rings. The van der Waals surface area contributed by atoms with Crippen LogP contribution < -0.4 is 0 Å². The van der Waals surface area contributed by atoms with Crippen molar-refractivity contribution in [2.75, 3.05) is 13.1 Å². The molecule has 1 saturated carbocycles. The Balaban J connectivity index is 1.66. The van der Waals surface area contributed by atoms with Gasteiger partial charge in [0, 0.05) is 19.6 Å². The van der Waals surface area contributed by atoms with E-state index in [0.29, 0.717) is 32.5 Å². The lowest BCUT2D eigenvalue weighted by atomic mass is 9.95. The molecule has 128 valence electrons. The van der Waals surface area contributed by atoms with Crippen LogP contribution in [0.5, 0.6) is 0 Å². The predicted molar refractivity (Wildman–Crippen MR) is 77.8 cm³/mol. The van der Waals surface area contributed by atoms with Crippen LogP contribution in [0.3, 0.4) is 0 Å². The van der Waals surface area contributed by atoms with Crippen LogP contribution >= 0.6 is 0 Å². The standard InChI is InChI=1S/C15H18F3NO3S/c16-15(17,18)23(20,21)22-14-12-6-7-13(14)10-19(9-12)8-11-4-2-1-3-5-11/h1-5,12-14H,6-10H2/t12-,13-/m1/s1. The highest BCUT2D eigenvalue weighted by Gasteiger charge is 2.53. The summed E-state index contributed by atoms with van der Waals surface area (Å²) in [4.78, 5) is 2.16. The van der Waals surface area contributed by atoms with Crippen LogP contribution in [0.15, 0.2) is 30.3 Å². The molecule has 1 aromatic carbocycles. The third-order valence-corrected chi connectivity index (χ3v) is 5.64. The number of piperidine rings is 1. The Morgan fingerprint density at radius 1 is 1.09 bits per heavy atom. The van der Waals surface area contributed by atoms with Gasteiger partial charge in [-0.05, 0) is 30.2 Å². The Labute approximate surface area is 133 Å². The summed E-state index contributed by atoms with van der Waals surface area (Å²) < 4.78 is 64.6. The number of rotatable bonds is 4. The SMILES string of the molecule is O=S(=O)(OC1[C@@H]2CC[C@@H]1CN(Cc1ccccc1)C2)C(F)(F)F. The van der Waals surface area contributed by atoms with E-state index in [1.54, 1.807) is 0 Å². The van der Waals surface area contributed by atoms with Crippen molar-refractivity contribution in [2.45, 2.75) is 31.0 Å². The van der Waals surface area contributed by atoms with Crippen molar-refractivity contribution in [3.63, 3.8) is 0 Å². The summed E-state index contributed by atoms with van der Waals surface area (Å²) in [5, 5.41) is 0. The van der Waals surface area contributed by atoms with E-state index < -0.39 is 21.7 Å². The van der Waals surface area contributed by atoms with Gasteiger partial charge in [-0.2, -0.15) is 21.6 Å². The number of nitrogens with zero attached hydrogens (tertiary/aromatic N) is 1. The molecule has 2 atom stereocenters. The lowest BCUT2D eigenvalue weighted by molar-refractivity contribution is -0.0646. The van der Waals surface area contributed by atoms with Crippen molar-refractivity contribution in [1.82, 2.24) is 4.90 Å². The van der Waals surface area contributed by atoms with Gasteiger partial charge in [-0.15, -0.1) is 0 Å². The van der Waals surface area contributed by atoms with E-state index in [9.17, 15) is 21.6 Å². The van der Waals surface area contributed by atoms with Crippen LogP contribution in [-0.2, 0) is 20.8 Å². The minimum absolute atomic E-state index is 0.172. The van der Waals surface area contributed by atoms with Gasteiger partial charge in [0.15, 0.2) is 0 Å². The maximum Gasteiger partial charge on any atom is 0.523 e. The topological polar surface area (TPSA) is 46.6 Å². The molecule has 1 heterocycles. The molecule has 2 bridgehead atoms. The molecule has 0 amide bonds. The van der Waals surface area contributed by atoms with Gasteiger partial charge in [-0.25, -0.2) is 0 Å². The normalized spacial score (nSPS) is 28.9. The second-order valence-electron chi connectivity index (χ2n) is 6.24. The quantitative estimate of drug-likeness (QED) is 0.619. The number of halogens is 3. The predicted octanol–water partition coefficient (Wildman–Crippen LogP) is 2.76. The Kier molecular flexibility index (Phi) is 4.41. The summed E-state index contributed by atoms with van der Waals surface area (Å²) in [7, 11) is -5.52. The molecule has 0 aromatic heterocycles. The summed E-state index contributed by atoms with van der Waals surface area (Å²) in [6.45, 7) is 1.83. The summed E-state index contributed by atoms with van der Waals surface area (Å²) in [5.74, 6) is -0.343. The molecule has 0 radical (unpaired) electrons. The van der Waals surface area contributed by atoms with Gasteiger partial charge in [0.05, 0.1) is 6.10 Å². The number of alkyl halides is 3. The van der Waals surface area contributed by atoms with Crippen molar-refractivity contribution in [1.29, 1.82) is 0 Å². The smallest absolute Gasteiger partial charge is 0.298 e. The van der Waals surface area contributed by atoms with E-state index in [1.165, 1.54) is 0 Å². The molecule has 4 nitrogen and oxygen atoms in total. The molecular formula is C15H18F3NO3S. The zero-order valence-corrected chi connectivity index (χ0v) is 13.2. The van der Waals surface area contributed by atoms with E-state index in [4.69, 9.17) is 0 Å². The van der Waals surface area contributed by atoms with Crippen molar-refractivity contribution in [2.24, 2.45) is 11.8 Å². The second-order valence-corrected chi connectivity index (χ2v) is 7.80. The van der Waals surface area contributed by atoms with Crippen LogP contribution in [0, 0.1) is 11.8 Å². The minimum atomic E-state index is -5.52. The van der Waals surface area contributed by atoms with Gasteiger partial charge in [-0.3, -0.25) is 9.08 Å². The fraction of sp³-hybridized carbons (Fsp3) is 0.600. The fourth-order valence-electron chi connectivity index (χ4n) is 3.60. The first-order valence-corrected chi connectivity index (χ1v) is 8.93.